The molecule has 0 aliphatic heterocycles. The van der Waals surface area contributed by atoms with Crippen molar-refractivity contribution < 1.29 is 23.5 Å². The van der Waals surface area contributed by atoms with Crippen molar-refractivity contribution in [2.45, 2.75) is 126 Å². The number of hydrogen-bond donors (Lipinski definition) is 1. The third kappa shape index (κ3) is 14.7. The molecule has 0 saturated heterocycles. The third-order valence-electron chi connectivity index (χ3n) is 8.09. The number of rotatable bonds is 16. The minimum atomic E-state index is -2.02. The molecule has 238 valence electrons. The van der Waals surface area contributed by atoms with E-state index in [1.165, 1.54) is 12.7 Å². The van der Waals surface area contributed by atoms with E-state index in [9.17, 15) is 9.90 Å². The van der Waals surface area contributed by atoms with E-state index >= 15 is 0 Å². The summed E-state index contributed by atoms with van der Waals surface area (Å²) in [5, 5.41) is 9.89. The molecule has 0 aliphatic carbocycles. The van der Waals surface area contributed by atoms with Gasteiger partial charge in [0.2, 0.25) is 0 Å². The predicted molar refractivity (Wildman–Crippen MR) is 181 cm³/mol. The Balaban J connectivity index is 5.98. The van der Waals surface area contributed by atoms with Gasteiger partial charge in [-0.25, -0.2) is 4.79 Å². The van der Waals surface area contributed by atoms with Gasteiger partial charge in [0.05, 0.1) is 19.3 Å². The zero-order valence-corrected chi connectivity index (χ0v) is 31.3. The first-order valence-corrected chi connectivity index (χ1v) is 21.6. The van der Waals surface area contributed by atoms with E-state index in [-0.39, 0.29) is 47.6 Å². The molecule has 1 N–H and O–H groups in total. The van der Waals surface area contributed by atoms with Crippen LogP contribution in [-0.4, -0.2) is 53.6 Å². The van der Waals surface area contributed by atoms with Crippen LogP contribution in [-0.2, 0) is 18.4 Å². The van der Waals surface area contributed by atoms with Crippen molar-refractivity contribution in [3.05, 3.63) is 47.1 Å². The summed E-state index contributed by atoms with van der Waals surface area (Å²) in [5.41, 5.74) is 2.93. The van der Waals surface area contributed by atoms with Gasteiger partial charge in [-0.2, -0.15) is 0 Å². The van der Waals surface area contributed by atoms with Crippen LogP contribution >= 0.6 is 0 Å². The second-order valence-electron chi connectivity index (χ2n) is 14.7. The highest BCUT2D eigenvalue weighted by Gasteiger charge is 2.41. The number of carbonyl (C=O) groups excluding carboxylic acids is 1. The summed E-state index contributed by atoms with van der Waals surface area (Å²) in [7, 11) is -2.34. The summed E-state index contributed by atoms with van der Waals surface area (Å²) in [5.74, 6) is 0.454. The number of carbonyl (C=O) groups is 1. The summed E-state index contributed by atoms with van der Waals surface area (Å²) in [6.07, 6.45) is 11.7. The van der Waals surface area contributed by atoms with Crippen molar-refractivity contribution in [1.82, 2.24) is 0 Å². The van der Waals surface area contributed by atoms with Gasteiger partial charge in [0.25, 0.3) is 0 Å². The Morgan fingerprint density at radius 2 is 1.41 bits per heavy atom. The molecular formula is C34H64O5Si2. The van der Waals surface area contributed by atoms with Crippen LogP contribution in [0.3, 0.4) is 0 Å². The molecule has 5 nitrogen and oxygen atoms in total. The molecule has 0 amide bonds. The molecule has 41 heavy (non-hydrogen) atoms. The van der Waals surface area contributed by atoms with Crippen LogP contribution in [0.1, 0.15) is 75.7 Å². The molecule has 0 unspecified atom stereocenters. The number of hydrogen-bond acceptors (Lipinski definition) is 5. The van der Waals surface area contributed by atoms with E-state index < -0.39 is 16.6 Å². The quantitative estimate of drug-likeness (QED) is 0.0819. The standard InChI is InChI=1S/C34H64O5Si2/c1-24(18-17-19-26(3)31(30(7)23-35)38-40(12,13)14)20-27(4)32(39-41(15,16)34(8,9)10)28(5)21-25(2)22-29(6)33(36)37-11/h17-19,21-22,26-28,30-32,35H,20,23H2,1-16H3/b19-17+,24-18+,25-21+,29-22+/t26-,27-,28+,30-,31-,32-/m0/s1. The van der Waals surface area contributed by atoms with Crippen LogP contribution in [0.5, 0.6) is 0 Å². The zero-order valence-electron chi connectivity index (χ0n) is 29.3. The lowest BCUT2D eigenvalue weighted by Gasteiger charge is -2.42. The molecule has 0 aromatic rings. The van der Waals surface area contributed by atoms with E-state index in [1.54, 1.807) is 6.92 Å². The number of methoxy groups -OCH3 is 1. The van der Waals surface area contributed by atoms with Gasteiger partial charge in [-0.15, -0.1) is 0 Å². The summed E-state index contributed by atoms with van der Waals surface area (Å²) in [6, 6.07) is 0. The fourth-order valence-electron chi connectivity index (χ4n) is 4.83. The Morgan fingerprint density at radius 3 is 1.88 bits per heavy atom. The van der Waals surface area contributed by atoms with Gasteiger partial charge in [0, 0.05) is 18.1 Å². The van der Waals surface area contributed by atoms with Crippen molar-refractivity contribution in [2.24, 2.45) is 23.7 Å². The largest absolute Gasteiger partial charge is 0.466 e. The van der Waals surface area contributed by atoms with E-state index in [0.717, 1.165) is 12.0 Å². The van der Waals surface area contributed by atoms with Gasteiger partial charge in [-0.05, 0) is 88.8 Å². The topological polar surface area (TPSA) is 65.0 Å². The molecule has 0 saturated carbocycles. The van der Waals surface area contributed by atoms with Crippen molar-refractivity contribution in [3.63, 3.8) is 0 Å². The van der Waals surface area contributed by atoms with Crippen LogP contribution in [0.25, 0.3) is 0 Å². The van der Waals surface area contributed by atoms with Crippen LogP contribution in [0.15, 0.2) is 47.1 Å². The summed E-state index contributed by atoms with van der Waals surface area (Å²) < 4.78 is 18.4. The predicted octanol–water partition coefficient (Wildman–Crippen LogP) is 9.09. The molecule has 7 heteroatoms. The van der Waals surface area contributed by atoms with Crippen molar-refractivity contribution in [2.75, 3.05) is 13.7 Å². The molecule has 0 rings (SSSR count). The van der Waals surface area contributed by atoms with Crippen LogP contribution in [0, 0.1) is 23.7 Å². The van der Waals surface area contributed by atoms with E-state index in [0.29, 0.717) is 11.5 Å². The highest BCUT2D eigenvalue weighted by molar-refractivity contribution is 6.74. The fourth-order valence-corrected chi connectivity index (χ4v) is 7.57. The maximum atomic E-state index is 11.9. The van der Waals surface area contributed by atoms with Gasteiger partial charge in [0.1, 0.15) is 0 Å². The molecule has 6 atom stereocenters. The number of ether oxygens (including phenoxy) is 1. The van der Waals surface area contributed by atoms with Gasteiger partial charge in [0.15, 0.2) is 16.6 Å². The molecular weight excluding hydrogens is 545 g/mol. The minimum Gasteiger partial charge on any atom is -0.466 e. The van der Waals surface area contributed by atoms with Crippen molar-refractivity contribution in [1.29, 1.82) is 0 Å². The van der Waals surface area contributed by atoms with Gasteiger partial charge in [-0.1, -0.05) is 83.9 Å². The van der Waals surface area contributed by atoms with Gasteiger partial charge in [-0.3, -0.25) is 0 Å². The zero-order chi connectivity index (χ0) is 32.3. The lowest BCUT2D eigenvalue weighted by atomic mass is 9.87. The summed E-state index contributed by atoms with van der Waals surface area (Å²) in [6.45, 7) is 32.9. The summed E-state index contributed by atoms with van der Waals surface area (Å²) in [4.78, 5) is 11.9. The Labute approximate surface area is 255 Å². The molecule has 0 radical (unpaired) electrons. The average molecular weight is 609 g/mol. The molecule has 0 aliphatic rings. The normalized spacial score (nSPS) is 19.1. The minimum absolute atomic E-state index is 0.00524. The Kier molecular flexibility index (Phi) is 16.6. The Morgan fingerprint density at radius 1 is 0.878 bits per heavy atom. The smallest absolute Gasteiger partial charge is 0.333 e. The van der Waals surface area contributed by atoms with Crippen molar-refractivity contribution >= 4 is 22.6 Å². The van der Waals surface area contributed by atoms with Gasteiger partial charge < -0.3 is 18.7 Å². The van der Waals surface area contributed by atoms with E-state index in [1.807, 2.05) is 13.0 Å². The van der Waals surface area contributed by atoms with Crippen molar-refractivity contribution in [3.8, 4) is 0 Å². The third-order valence-corrected chi connectivity index (χ3v) is 13.5. The second kappa shape index (κ2) is 17.1. The highest BCUT2D eigenvalue weighted by atomic mass is 28.4. The monoisotopic (exact) mass is 608 g/mol. The maximum Gasteiger partial charge on any atom is 0.333 e. The van der Waals surface area contributed by atoms with E-state index in [4.69, 9.17) is 13.6 Å². The van der Waals surface area contributed by atoms with Crippen LogP contribution < -0.4 is 0 Å². The number of aliphatic hydroxyl groups is 1. The second-order valence-corrected chi connectivity index (χ2v) is 23.9. The summed E-state index contributed by atoms with van der Waals surface area (Å²) >= 11 is 0. The first-order valence-electron chi connectivity index (χ1n) is 15.3. The SMILES string of the molecule is COC(=O)/C(C)=C/C(C)=C/[C@@H](C)[C@@H](O[Si](C)(C)C(C)(C)C)[C@@H](C)C/C(C)=C/C=C/[C@H](C)[C@H](O[Si](C)(C)C)[C@@H](C)CO. The van der Waals surface area contributed by atoms with Gasteiger partial charge >= 0.3 is 5.97 Å². The molecule has 0 aromatic heterocycles. The Hall–Kier alpha value is -1.26. The lowest BCUT2D eigenvalue weighted by molar-refractivity contribution is -0.136. The molecule has 0 fully saturated rings. The molecule has 0 bridgehead atoms. The fraction of sp³-hybridized carbons (Fsp3) is 0.735. The Bertz CT molecular complexity index is 934. The molecule has 0 heterocycles. The average Bonchev–Trinajstić information content (AvgIpc) is 2.82. The number of aliphatic hydroxyl groups excluding tert-OH is 1. The van der Waals surface area contributed by atoms with Crippen LogP contribution in [0.4, 0.5) is 0 Å². The number of esters is 1. The maximum absolute atomic E-state index is 11.9. The number of allylic oxidation sites excluding steroid dienone is 5. The lowest BCUT2D eigenvalue weighted by Crippen LogP contribution is -2.47. The molecule has 0 spiro atoms. The van der Waals surface area contributed by atoms with E-state index in [2.05, 4.69) is 112 Å². The molecule has 0 aromatic carbocycles. The highest BCUT2D eigenvalue weighted by Crippen LogP contribution is 2.40. The van der Waals surface area contributed by atoms with Crippen LogP contribution in [0.2, 0.25) is 37.8 Å². The first-order chi connectivity index (χ1) is 18.6. The first kappa shape index (κ1) is 39.7.